The lowest BCUT2D eigenvalue weighted by atomic mass is 9.83. The van der Waals surface area contributed by atoms with Gasteiger partial charge >= 0.3 is 6.03 Å². The van der Waals surface area contributed by atoms with Gasteiger partial charge in [0.05, 0.1) is 4.90 Å². The molecule has 4 rings (SSSR count). The van der Waals surface area contributed by atoms with E-state index in [9.17, 15) is 22.8 Å². The van der Waals surface area contributed by atoms with E-state index in [1.165, 1.54) is 24.3 Å². The molecule has 3 aromatic rings. The van der Waals surface area contributed by atoms with Crippen molar-refractivity contribution in [2.75, 3.05) is 11.9 Å². The molecule has 0 aliphatic carbocycles. The van der Waals surface area contributed by atoms with Crippen molar-refractivity contribution in [1.29, 1.82) is 0 Å². The van der Waals surface area contributed by atoms with Crippen molar-refractivity contribution in [3.8, 4) is 0 Å². The number of nitrogens with zero attached hydrogens (tertiary/aromatic N) is 1. The molecule has 4 N–H and O–H groups in total. The van der Waals surface area contributed by atoms with E-state index in [1.54, 1.807) is 24.3 Å². The number of carbonyl (C=O) groups excluding carboxylic acids is 3. The molecule has 34 heavy (non-hydrogen) atoms. The highest BCUT2D eigenvalue weighted by Gasteiger charge is 2.52. The average Bonchev–Trinajstić information content (AvgIpc) is 3.05. The molecule has 3 aromatic carbocycles. The van der Waals surface area contributed by atoms with Crippen molar-refractivity contribution in [1.82, 2.24) is 10.2 Å². The summed E-state index contributed by atoms with van der Waals surface area (Å²) in [4.78, 5) is 39.8. The normalized spacial score (nSPS) is 18.0. The lowest BCUT2D eigenvalue weighted by molar-refractivity contribution is -0.134. The standard InChI is InChI=1S/C24H22N4O5S/c25-34(32,33)20-13-7-12-19(14-20)26-21(29)16-28-22(30)24(27-23(28)31,18-10-5-2-6-11-18)15-17-8-3-1-4-9-17/h1-14H,15-16H2,(H,26,29)(H,27,31)(H2,25,32,33). The van der Waals surface area contributed by atoms with Crippen LogP contribution in [0.15, 0.2) is 89.8 Å². The Morgan fingerprint density at radius 2 is 1.59 bits per heavy atom. The van der Waals surface area contributed by atoms with Gasteiger partial charge in [0.1, 0.15) is 6.54 Å². The number of urea groups is 1. The van der Waals surface area contributed by atoms with Crippen LogP contribution in [0.5, 0.6) is 0 Å². The summed E-state index contributed by atoms with van der Waals surface area (Å²) >= 11 is 0. The van der Waals surface area contributed by atoms with Crippen LogP contribution in [-0.4, -0.2) is 37.7 Å². The Kier molecular flexibility index (Phi) is 6.18. The monoisotopic (exact) mass is 478 g/mol. The third-order valence-corrected chi connectivity index (χ3v) is 6.41. The summed E-state index contributed by atoms with van der Waals surface area (Å²) in [5.74, 6) is -1.22. The average molecular weight is 479 g/mol. The van der Waals surface area contributed by atoms with Gasteiger partial charge in [0, 0.05) is 12.1 Å². The molecule has 1 aliphatic rings. The van der Waals surface area contributed by atoms with Crippen LogP contribution in [0.2, 0.25) is 0 Å². The summed E-state index contributed by atoms with van der Waals surface area (Å²) in [7, 11) is -3.96. The second-order valence-corrected chi connectivity index (χ2v) is 9.44. The molecular formula is C24H22N4O5S. The van der Waals surface area contributed by atoms with Gasteiger partial charge in [0.25, 0.3) is 5.91 Å². The fraction of sp³-hybridized carbons (Fsp3) is 0.125. The molecule has 1 atom stereocenters. The largest absolute Gasteiger partial charge is 0.325 e. The number of nitrogens with two attached hydrogens (primary N) is 1. The molecule has 9 nitrogen and oxygen atoms in total. The van der Waals surface area contributed by atoms with Crippen LogP contribution in [0.1, 0.15) is 11.1 Å². The minimum Gasteiger partial charge on any atom is -0.324 e. The number of hydrogen-bond acceptors (Lipinski definition) is 5. The van der Waals surface area contributed by atoms with Crippen molar-refractivity contribution in [3.63, 3.8) is 0 Å². The first-order chi connectivity index (χ1) is 16.2. The van der Waals surface area contributed by atoms with Crippen molar-refractivity contribution in [2.45, 2.75) is 16.9 Å². The van der Waals surface area contributed by atoms with Gasteiger partial charge in [-0.2, -0.15) is 0 Å². The second-order valence-electron chi connectivity index (χ2n) is 7.88. The zero-order chi connectivity index (χ0) is 24.3. The quantitative estimate of drug-likeness (QED) is 0.446. The number of sulfonamides is 1. The minimum atomic E-state index is -3.96. The maximum Gasteiger partial charge on any atom is 0.325 e. The van der Waals surface area contributed by atoms with Gasteiger partial charge in [-0.25, -0.2) is 18.4 Å². The van der Waals surface area contributed by atoms with Gasteiger partial charge in [-0.15, -0.1) is 0 Å². The predicted octanol–water partition coefficient (Wildman–Crippen LogP) is 1.96. The van der Waals surface area contributed by atoms with Crippen LogP contribution >= 0.6 is 0 Å². The number of hydrogen-bond donors (Lipinski definition) is 3. The summed E-state index contributed by atoms with van der Waals surface area (Å²) in [5, 5.41) is 10.4. The smallest absolute Gasteiger partial charge is 0.324 e. The zero-order valence-electron chi connectivity index (χ0n) is 18.0. The van der Waals surface area contributed by atoms with E-state index in [2.05, 4.69) is 10.6 Å². The van der Waals surface area contributed by atoms with Crippen molar-refractivity contribution in [2.24, 2.45) is 5.14 Å². The fourth-order valence-corrected chi connectivity index (χ4v) is 4.47. The van der Waals surface area contributed by atoms with E-state index in [-0.39, 0.29) is 17.0 Å². The van der Waals surface area contributed by atoms with Gasteiger partial charge in [-0.3, -0.25) is 14.5 Å². The third-order valence-electron chi connectivity index (χ3n) is 5.50. The highest BCUT2D eigenvalue weighted by molar-refractivity contribution is 7.89. The topological polar surface area (TPSA) is 139 Å². The molecule has 0 bridgehead atoms. The number of benzene rings is 3. The molecule has 0 radical (unpaired) electrons. The Balaban J connectivity index is 1.58. The van der Waals surface area contributed by atoms with Gasteiger partial charge in [-0.1, -0.05) is 66.7 Å². The molecule has 1 saturated heterocycles. The van der Waals surface area contributed by atoms with Crippen LogP contribution in [0.25, 0.3) is 0 Å². The summed E-state index contributed by atoms with van der Waals surface area (Å²) < 4.78 is 23.1. The first kappa shape index (κ1) is 23.1. The van der Waals surface area contributed by atoms with Gasteiger partial charge in [-0.05, 0) is 29.3 Å². The maximum atomic E-state index is 13.6. The summed E-state index contributed by atoms with van der Waals surface area (Å²) in [6.07, 6.45) is 0.205. The van der Waals surface area contributed by atoms with Crippen molar-refractivity contribution in [3.05, 3.63) is 96.1 Å². The summed E-state index contributed by atoms with van der Waals surface area (Å²) in [5.41, 5.74) is 0.238. The van der Waals surface area contributed by atoms with E-state index >= 15 is 0 Å². The Morgan fingerprint density at radius 1 is 0.941 bits per heavy atom. The molecule has 0 spiro atoms. The number of anilines is 1. The molecule has 0 saturated carbocycles. The predicted molar refractivity (Wildman–Crippen MR) is 125 cm³/mol. The Morgan fingerprint density at radius 3 is 2.24 bits per heavy atom. The van der Waals surface area contributed by atoms with E-state index in [0.717, 1.165) is 10.5 Å². The SMILES string of the molecule is NS(=O)(=O)c1cccc(NC(=O)CN2C(=O)NC(Cc3ccccc3)(c3ccccc3)C2=O)c1. The number of carbonyl (C=O) groups is 3. The van der Waals surface area contributed by atoms with Crippen LogP contribution in [-0.2, 0) is 31.6 Å². The number of primary sulfonamides is 1. The minimum absolute atomic E-state index is 0.169. The Hall–Kier alpha value is -4.02. The second kappa shape index (κ2) is 9.08. The van der Waals surface area contributed by atoms with Gasteiger partial charge in [0.2, 0.25) is 15.9 Å². The van der Waals surface area contributed by atoms with E-state index in [4.69, 9.17) is 5.14 Å². The molecule has 0 aromatic heterocycles. The fourth-order valence-electron chi connectivity index (χ4n) is 3.91. The lowest BCUT2D eigenvalue weighted by Gasteiger charge is -2.27. The van der Waals surface area contributed by atoms with Crippen molar-refractivity contribution < 1.29 is 22.8 Å². The first-order valence-electron chi connectivity index (χ1n) is 10.4. The van der Waals surface area contributed by atoms with E-state index < -0.39 is 40.0 Å². The first-order valence-corrected chi connectivity index (χ1v) is 11.9. The highest BCUT2D eigenvalue weighted by Crippen LogP contribution is 2.33. The maximum absolute atomic E-state index is 13.6. The van der Waals surface area contributed by atoms with Gasteiger partial charge in [0.15, 0.2) is 5.54 Å². The molecular weight excluding hydrogens is 456 g/mol. The third kappa shape index (κ3) is 4.68. The molecule has 10 heteroatoms. The zero-order valence-corrected chi connectivity index (χ0v) is 18.8. The van der Waals surface area contributed by atoms with Gasteiger partial charge < -0.3 is 10.6 Å². The number of rotatable bonds is 7. The van der Waals surface area contributed by atoms with E-state index in [0.29, 0.717) is 5.56 Å². The lowest BCUT2D eigenvalue weighted by Crippen LogP contribution is -2.46. The number of nitrogens with one attached hydrogen (secondary N) is 2. The van der Waals surface area contributed by atoms with Crippen LogP contribution < -0.4 is 15.8 Å². The van der Waals surface area contributed by atoms with E-state index in [1.807, 2.05) is 36.4 Å². The Labute approximate surface area is 196 Å². The molecule has 1 aliphatic heterocycles. The molecule has 4 amide bonds. The van der Waals surface area contributed by atoms with Crippen LogP contribution in [0.4, 0.5) is 10.5 Å². The number of imide groups is 1. The van der Waals surface area contributed by atoms with Crippen molar-refractivity contribution >= 4 is 33.6 Å². The Bertz CT molecular complexity index is 1350. The highest BCUT2D eigenvalue weighted by atomic mass is 32.2. The molecule has 1 heterocycles. The molecule has 1 fully saturated rings. The summed E-state index contributed by atoms with van der Waals surface area (Å²) in [6.45, 7) is -0.548. The molecule has 1 unspecified atom stereocenters. The number of amides is 4. The summed E-state index contributed by atoms with van der Waals surface area (Å²) in [6, 6.07) is 22.8. The van der Waals surface area contributed by atoms with Crippen LogP contribution in [0, 0.1) is 0 Å². The molecule has 174 valence electrons. The van der Waals surface area contributed by atoms with Crippen LogP contribution in [0.3, 0.4) is 0 Å².